The lowest BCUT2D eigenvalue weighted by atomic mass is 9.89. The molecule has 0 amide bonds. The van der Waals surface area contributed by atoms with Gasteiger partial charge in [-0.05, 0) is 53.0 Å². The van der Waals surface area contributed by atoms with E-state index in [4.69, 9.17) is 0 Å². The molecule has 0 aliphatic carbocycles. The second-order valence-corrected chi connectivity index (χ2v) is 5.27. The van der Waals surface area contributed by atoms with Gasteiger partial charge < -0.3 is 0 Å². The highest BCUT2D eigenvalue weighted by atomic mass is 15.3. The van der Waals surface area contributed by atoms with Crippen LogP contribution in [0.2, 0.25) is 0 Å². The van der Waals surface area contributed by atoms with Gasteiger partial charge in [-0.15, -0.1) is 0 Å². The fourth-order valence-electron chi connectivity index (χ4n) is 2.61. The molecule has 1 saturated heterocycles. The maximum atomic E-state index is 2.72. The van der Waals surface area contributed by atoms with Crippen molar-refractivity contribution in [3.63, 3.8) is 0 Å². The summed E-state index contributed by atoms with van der Waals surface area (Å²) in [6, 6.07) is 0. The second kappa shape index (κ2) is 3.61. The molecule has 0 saturated carbocycles. The van der Waals surface area contributed by atoms with E-state index in [0.717, 1.165) is 0 Å². The maximum absolute atomic E-state index is 2.72. The molecular weight excluding hydrogens is 158 g/mol. The Bertz CT molecular complexity index is 174. The van der Waals surface area contributed by atoms with Crippen LogP contribution in [-0.4, -0.2) is 22.5 Å². The third-order valence-electron chi connectivity index (χ3n) is 4.11. The van der Waals surface area contributed by atoms with Crippen LogP contribution in [0.15, 0.2) is 0 Å². The predicted molar refractivity (Wildman–Crippen MR) is 59.0 cm³/mol. The molecule has 1 aliphatic heterocycles. The van der Waals surface area contributed by atoms with E-state index >= 15 is 0 Å². The van der Waals surface area contributed by atoms with Gasteiger partial charge in [0.05, 0.1) is 0 Å². The van der Waals surface area contributed by atoms with Gasteiger partial charge in [0, 0.05) is 11.1 Å². The lowest BCUT2D eigenvalue weighted by Crippen LogP contribution is -2.52. The smallest absolute Gasteiger partial charge is 0.0184 e. The Morgan fingerprint density at radius 2 is 1.92 bits per heavy atom. The molecule has 0 bridgehead atoms. The van der Waals surface area contributed by atoms with Crippen LogP contribution in [0.5, 0.6) is 0 Å². The van der Waals surface area contributed by atoms with E-state index in [1.54, 1.807) is 0 Å². The van der Waals surface area contributed by atoms with Crippen molar-refractivity contribution >= 4 is 0 Å². The Balaban J connectivity index is 2.79. The molecule has 0 spiro atoms. The molecule has 0 unspecified atom stereocenters. The zero-order valence-corrected chi connectivity index (χ0v) is 9.98. The molecule has 0 aromatic carbocycles. The van der Waals surface area contributed by atoms with Crippen molar-refractivity contribution < 1.29 is 0 Å². The molecule has 1 fully saturated rings. The van der Waals surface area contributed by atoms with Crippen LogP contribution >= 0.6 is 0 Å². The van der Waals surface area contributed by atoms with E-state index < -0.39 is 0 Å². The molecule has 13 heavy (non-hydrogen) atoms. The van der Waals surface area contributed by atoms with Crippen molar-refractivity contribution in [2.45, 2.75) is 71.4 Å². The quantitative estimate of drug-likeness (QED) is 0.648. The lowest BCUT2D eigenvalue weighted by molar-refractivity contribution is 0.0382. The van der Waals surface area contributed by atoms with Crippen molar-refractivity contribution in [1.82, 2.24) is 4.90 Å². The van der Waals surface area contributed by atoms with Gasteiger partial charge in [0.15, 0.2) is 0 Å². The molecule has 1 atom stereocenters. The Hall–Kier alpha value is -0.0400. The van der Waals surface area contributed by atoms with Crippen LogP contribution in [0.25, 0.3) is 0 Å². The minimum Gasteiger partial charge on any atom is -0.293 e. The summed E-state index contributed by atoms with van der Waals surface area (Å²) in [6.45, 7) is 13.1. The first-order valence-corrected chi connectivity index (χ1v) is 5.74. The number of hydrogen-bond acceptors (Lipinski definition) is 1. The first-order chi connectivity index (χ1) is 5.96. The minimum absolute atomic E-state index is 0.390. The normalized spacial score (nSPS) is 31.2. The number of likely N-dealkylation sites (tertiary alicyclic amines) is 1. The van der Waals surface area contributed by atoms with E-state index in [9.17, 15) is 0 Å². The van der Waals surface area contributed by atoms with Gasteiger partial charge in [0.2, 0.25) is 0 Å². The zero-order chi connectivity index (χ0) is 10.1. The summed E-state index contributed by atoms with van der Waals surface area (Å²) < 4.78 is 0. The third kappa shape index (κ3) is 1.90. The van der Waals surface area contributed by atoms with Gasteiger partial charge in [-0.3, -0.25) is 4.90 Å². The molecule has 0 aromatic rings. The van der Waals surface area contributed by atoms with Gasteiger partial charge >= 0.3 is 0 Å². The molecule has 1 heteroatoms. The predicted octanol–water partition coefficient (Wildman–Crippen LogP) is 3.44. The largest absolute Gasteiger partial charge is 0.293 e. The number of rotatable bonds is 3. The van der Waals surface area contributed by atoms with Crippen LogP contribution in [0.4, 0.5) is 0 Å². The van der Waals surface area contributed by atoms with Gasteiger partial charge in [-0.25, -0.2) is 0 Å². The molecule has 1 heterocycles. The van der Waals surface area contributed by atoms with Crippen LogP contribution in [-0.2, 0) is 0 Å². The lowest BCUT2D eigenvalue weighted by Gasteiger charge is -2.45. The van der Waals surface area contributed by atoms with Crippen molar-refractivity contribution in [2.24, 2.45) is 0 Å². The third-order valence-corrected chi connectivity index (χ3v) is 4.11. The Labute approximate surface area is 83.5 Å². The monoisotopic (exact) mass is 183 g/mol. The average molecular weight is 183 g/mol. The fourth-order valence-corrected chi connectivity index (χ4v) is 2.61. The molecule has 0 radical (unpaired) electrons. The van der Waals surface area contributed by atoms with Gasteiger partial charge in [0.25, 0.3) is 0 Å². The van der Waals surface area contributed by atoms with Crippen LogP contribution in [0, 0.1) is 0 Å². The van der Waals surface area contributed by atoms with Gasteiger partial charge in [0.1, 0.15) is 0 Å². The minimum atomic E-state index is 0.390. The number of hydrogen-bond donors (Lipinski definition) is 0. The van der Waals surface area contributed by atoms with Gasteiger partial charge in [-0.1, -0.05) is 13.8 Å². The molecule has 1 nitrogen and oxygen atoms in total. The summed E-state index contributed by atoms with van der Waals surface area (Å²) in [7, 11) is 0. The van der Waals surface area contributed by atoms with Crippen LogP contribution in [0.3, 0.4) is 0 Å². The second-order valence-electron chi connectivity index (χ2n) is 5.27. The molecule has 0 N–H and O–H groups in total. The van der Waals surface area contributed by atoms with Crippen molar-refractivity contribution in [3.8, 4) is 0 Å². The average Bonchev–Trinajstić information content (AvgIpc) is 2.49. The topological polar surface area (TPSA) is 3.24 Å². The molecule has 78 valence electrons. The summed E-state index contributed by atoms with van der Waals surface area (Å²) >= 11 is 0. The van der Waals surface area contributed by atoms with E-state index in [1.165, 1.54) is 32.2 Å². The Morgan fingerprint density at radius 1 is 1.31 bits per heavy atom. The van der Waals surface area contributed by atoms with E-state index in [2.05, 4.69) is 39.5 Å². The Morgan fingerprint density at radius 3 is 2.38 bits per heavy atom. The van der Waals surface area contributed by atoms with Gasteiger partial charge in [-0.2, -0.15) is 0 Å². The zero-order valence-electron chi connectivity index (χ0n) is 9.98. The maximum Gasteiger partial charge on any atom is 0.0184 e. The molecule has 0 aromatic heterocycles. The highest BCUT2D eigenvalue weighted by molar-refractivity contribution is 4.97. The van der Waals surface area contributed by atoms with E-state index in [0.29, 0.717) is 11.1 Å². The molecule has 1 rings (SSSR count). The molecular formula is C12H25N. The summed E-state index contributed by atoms with van der Waals surface area (Å²) in [5.74, 6) is 0. The van der Waals surface area contributed by atoms with Crippen molar-refractivity contribution in [3.05, 3.63) is 0 Å². The summed E-state index contributed by atoms with van der Waals surface area (Å²) in [5.41, 5.74) is 0.862. The first-order valence-electron chi connectivity index (χ1n) is 5.74. The first kappa shape index (κ1) is 11.0. The number of nitrogens with zero attached hydrogens (tertiary/aromatic N) is 1. The van der Waals surface area contributed by atoms with Crippen LogP contribution in [0.1, 0.15) is 60.3 Å². The van der Waals surface area contributed by atoms with E-state index in [-0.39, 0.29) is 0 Å². The molecule has 1 aliphatic rings. The highest BCUT2D eigenvalue weighted by Crippen LogP contribution is 2.38. The SMILES string of the molecule is CCC(C)(C)N1CCC[C@@]1(C)CC. The Kier molecular flexibility index (Phi) is 3.06. The standard InChI is InChI=1S/C12H25N/c1-6-11(3,4)13-10-8-9-12(13,5)7-2/h6-10H2,1-5H3/t12-/m1/s1. The summed E-state index contributed by atoms with van der Waals surface area (Å²) in [6.07, 6.45) is 5.31. The van der Waals surface area contributed by atoms with Crippen molar-refractivity contribution in [2.75, 3.05) is 6.54 Å². The summed E-state index contributed by atoms with van der Waals surface area (Å²) in [4.78, 5) is 2.72. The summed E-state index contributed by atoms with van der Waals surface area (Å²) in [5, 5.41) is 0. The van der Waals surface area contributed by atoms with Crippen molar-refractivity contribution in [1.29, 1.82) is 0 Å². The highest BCUT2D eigenvalue weighted by Gasteiger charge is 2.41. The van der Waals surface area contributed by atoms with E-state index in [1.807, 2.05) is 0 Å². The fraction of sp³-hybridized carbons (Fsp3) is 1.00. The van der Waals surface area contributed by atoms with Crippen LogP contribution < -0.4 is 0 Å².